The predicted octanol–water partition coefficient (Wildman–Crippen LogP) is -0.366. The van der Waals surface area contributed by atoms with Gasteiger partial charge in [-0.1, -0.05) is 0 Å². The molecule has 0 bridgehead atoms. The summed E-state index contributed by atoms with van der Waals surface area (Å²) in [6, 6.07) is 0.0355. The topological polar surface area (TPSA) is 140 Å². The van der Waals surface area contributed by atoms with E-state index in [2.05, 4.69) is 10.3 Å². The fourth-order valence-corrected chi connectivity index (χ4v) is 4.58. The second kappa shape index (κ2) is 7.93. The number of nitrogens with zero attached hydrogens (tertiary/aromatic N) is 2. The van der Waals surface area contributed by atoms with E-state index in [1.54, 1.807) is 0 Å². The van der Waals surface area contributed by atoms with Gasteiger partial charge in [0, 0.05) is 41.8 Å². The smallest absolute Gasteiger partial charge is 0.330 e. The molecule has 0 aromatic carbocycles. The molecule has 2 aliphatic rings. The number of hydrogen-bond donors (Lipinski definition) is 4. The van der Waals surface area contributed by atoms with E-state index in [1.165, 1.54) is 10.8 Å². The van der Waals surface area contributed by atoms with Crippen LogP contribution in [0.3, 0.4) is 0 Å². The van der Waals surface area contributed by atoms with Crippen molar-refractivity contribution in [3.63, 3.8) is 0 Å². The second-order valence-electron chi connectivity index (χ2n) is 9.34. The lowest BCUT2D eigenvalue weighted by molar-refractivity contribution is -0.290. The largest absolute Gasteiger partial charge is 0.394 e. The van der Waals surface area contributed by atoms with Crippen molar-refractivity contribution in [1.82, 2.24) is 19.9 Å². The van der Waals surface area contributed by atoms with Gasteiger partial charge < -0.3 is 20.3 Å². The standard InChI is InChI=1S/C19H31N4O6/c1-18(2)6-12(7-19(3,4)23(18)28)20-8-11-9-22(17(27)21-16(11)26)15-5-13(25)14(10-24)29-15/h9,12-15,20,24-25H,5-8,10H2,1-4H3,(H,21,26,27)/t13-,14+,15+/m0/s1. The van der Waals surface area contributed by atoms with Gasteiger partial charge in [0.25, 0.3) is 5.56 Å². The van der Waals surface area contributed by atoms with Gasteiger partial charge in [-0.15, -0.1) is 10.3 Å². The normalized spacial score (nSPS) is 30.0. The number of aliphatic hydroxyl groups is 2. The van der Waals surface area contributed by atoms with Gasteiger partial charge in [0.2, 0.25) is 0 Å². The fraction of sp³-hybridized carbons (Fsp3) is 0.789. The zero-order valence-corrected chi connectivity index (χ0v) is 17.3. The minimum atomic E-state index is -0.882. The zero-order valence-electron chi connectivity index (χ0n) is 17.3. The molecule has 163 valence electrons. The average Bonchev–Trinajstić information content (AvgIpc) is 2.99. The van der Waals surface area contributed by atoms with Crippen molar-refractivity contribution in [3.8, 4) is 0 Å². The van der Waals surface area contributed by atoms with E-state index in [0.29, 0.717) is 18.4 Å². The summed E-state index contributed by atoms with van der Waals surface area (Å²) in [4.78, 5) is 26.8. The Balaban J connectivity index is 1.75. The Hall–Kier alpha value is -1.56. The number of aromatic nitrogens is 2. The number of nitrogens with one attached hydrogen (secondary N) is 2. The number of H-pyrrole nitrogens is 1. The molecule has 1 aromatic heterocycles. The summed E-state index contributed by atoms with van der Waals surface area (Å²) in [6.07, 6.45) is 0.445. The molecule has 1 radical (unpaired) electrons. The number of rotatable bonds is 5. The van der Waals surface area contributed by atoms with Crippen LogP contribution in [0.15, 0.2) is 15.8 Å². The van der Waals surface area contributed by atoms with Crippen molar-refractivity contribution in [3.05, 3.63) is 32.6 Å². The van der Waals surface area contributed by atoms with E-state index < -0.39 is 40.8 Å². The third-order valence-corrected chi connectivity index (χ3v) is 5.91. The highest BCUT2D eigenvalue weighted by Crippen LogP contribution is 2.37. The molecule has 10 nitrogen and oxygen atoms in total. The van der Waals surface area contributed by atoms with Crippen LogP contribution in [0.4, 0.5) is 0 Å². The highest BCUT2D eigenvalue weighted by Gasteiger charge is 2.46. The van der Waals surface area contributed by atoms with Gasteiger partial charge in [0.1, 0.15) is 12.3 Å². The van der Waals surface area contributed by atoms with Crippen molar-refractivity contribution < 1.29 is 20.2 Å². The van der Waals surface area contributed by atoms with Gasteiger partial charge in [-0.25, -0.2) is 4.79 Å². The van der Waals surface area contributed by atoms with E-state index in [-0.39, 0.29) is 25.6 Å². The van der Waals surface area contributed by atoms with Gasteiger partial charge >= 0.3 is 5.69 Å². The molecule has 4 N–H and O–H groups in total. The molecular formula is C19H31N4O6. The average molecular weight is 411 g/mol. The van der Waals surface area contributed by atoms with Crippen LogP contribution in [-0.4, -0.2) is 60.8 Å². The summed E-state index contributed by atoms with van der Waals surface area (Å²) in [7, 11) is 0. The minimum absolute atomic E-state index is 0.0355. The second-order valence-corrected chi connectivity index (χ2v) is 9.34. The lowest BCUT2D eigenvalue weighted by atomic mass is 9.79. The maximum atomic E-state index is 12.5. The molecule has 29 heavy (non-hydrogen) atoms. The first-order chi connectivity index (χ1) is 13.4. The third kappa shape index (κ3) is 4.47. The van der Waals surface area contributed by atoms with E-state index in [0.717, 1.165) is 5.06 Å². The number of piperidine rings is 1. The third-order valence-electron chi connectivity index (χ3n) is 5.91. The molecule has 2 saturated heterocycles. The maximum absolute atomic E-state index is 12.5. The van der Waals surface area contributed by atoms with Gasteiger partial charge in [-0.05, 0) is 40.5 Å². The SMILES string of the molecule is CC1(C)CC(NCc2cn([C@H]3C[C@H](O)[C@@H](CO)O3)c(=O)[nH]c2=O)CC(C)(C)N1[O]. The molecule has 0 unspecified atom stereocenters. The summed E-state index contributed by atoms with van der Waals surface area (Å²) in [6.45, 7) is 7.50. The number of hydroxylamine groups is 2. The minimum Gasteiger partial charge on any atom is -0.394 e. The lowest BCUT2D eigenvalue weighted by Crippen LogP contribution is -2.61. The summed E-state index contributed by atoms with van der Waals surface area (Å²) >= 11 is 0. The number of ether oxygens (including phenoxy) is 1. The van der Waals surface area contributed by atoms with Gasteiger partial charge in [0.05, 0.1) is 12.7 Å². The summed E-state index contributed by atoms with van der Waals surface area (Å²) in [5.41, 5.74) is -1.82. The highest BCUT2D eigenvalue weighted by molar-refractivity contribution is 5.07. The lowest BCUT2D eigenvalue weighted by Gasteiger charge is -2.50. The van der Waals surface area contributed by atoms with Gasteiger partial charge in [0.15, 0.2) is 0 Å². The molecule has 0 aliphatic carbocycles. The Bertz CT molecular complexity index is 830. The Morgan fingerprint density at radius 1 is 1.24 bits per heavy atom. The molecule has 0 saturated carbocycles. The number of aromatic amines is 1. The molecule has 3 heterocycles. The van der Waals surface area contributed by atoms with Crippen LogP contribution in [0.5, 0.6) is 0 Å². The molecule has 3 atom stereocenters. The van der Waals surface area contributed by atoms with Crippen LogP contribution in [-0.2, 0) is 16.5 Å². The summed E-state index contributed by atoms with van der Waals surface area (Å²) in [5, 5.41) is 36.1. The van der Waals surface area contributed by atoms with Crippen LogP contribution in [0.1, 0.15) is 58.7 Å². The first-order valence-corrected chi connectivity index (χ1v) is 9.94. The molecule has 0 spiro atoms. The van der Waals surface area contributed by atoms with Gasteiger partial charge in [-0.2, -0.15) is 0 Å². The first kappa shape index (κ1) is 22.1. The Kier molecular flexibility index (Phi) is 6.06. The van der Waals surface area contributed by atoms with E-state index >= 15 is 0 Å². The van der Waals surface area contributed by atoms with Crippen molar-refractivity contribution in [2.45, 2.75) is 89.1 Å². The Morgan fingerprint density at radius 3 is 2.41 bits per heavy atom. The van der Waals surface area contributed by atoms with Crippen molar-refractivity contribution >= 4 is 0 Å². The molecule has 2 fully saturated rings. The summed E-state index contributed by atoms with van der Waals surface area (Å²) < 4.78 is 6.77. The van der Waals surface area contributed by atoms with E-state index in [1.807, 2.05) is 27.7 Å². The van der Waals surface area contributed by atoms with E-state index in [4.69, 9.17) is 4.74 Å². The van der Waals surface area contributed by atoms with Crippen LogP contribution >= 0.6 is 0 Å². The number of hydrogen-bond acceptors (Lipinski definition) is 7. The molecule has 10 heteroatoms. The van der Waals surface area contributed by atoms with Crippen molar-refractivity contribution in [2.24, 2.45) is 0 Å². The number of aliphatic hydroxyl groups excluding tert-OH is 2. The Morgan fingerprint density at radius 2 is 1.86 bits per heavy atom. The van der Waals surface area contributed by atoms with Crippen LogP contribution in [0.25, 0.3) is 0 Å². The Labute approximate surface area is 169 Å². The highest BCUT2D eigenvalue weighted by atomic mass is 16.5. The molecule has 1 aromatic rings. The van der Waals surface area contributed by atoms with Crippen molar-refractivity contribution in [1.29, 1.82) is 0 Å². The molecule has 0 amide bonds. The zero-order chi connectivity index (χ0) is 21.6. The quantitative estimate of drug-likeness (QED) is 0.518. The monoisotopic (exact) mass is 411 g/mol. The van der Waals surface area contributed by atoms with Crippen LogP contribution in [0.2, 0.25) is 0 Å². The maximum Gasteiger partial charge on any atom is 0.330 e. The van der Waals surface area contributed by atoms with Crippen LogP contribution in [0, 0.1) is 0 Å². The molecular weight excluding hydrogens is 380 g/mol. The fourth-order valence-electron chi connectivity index (χ4n) is 4.58. The summed E-state index contributed by atoms with van der Waals surface area (Å²) in [5.74, 6) is 0. The van der Waals surface area contributed by atoms with Crippen LogP contribution < -0.4 is 16.6 Å². The van der Waals surface area contributed by atoms with E-state index in [9.17, 15) is 25.0 Å². The van der Waals surface area contributed by atoms with Gasteiger partial charge in [-0.3, -0.25) is 14.3 Å². The first-order valence-electron chi connectivity index (χ1n) is 9.94. The predicted molar refractivity (Wildman–Crippen MR) is 103 cm³/mol. The van der Waals surface area contributed by atoms with Crippen molar-refractivity contribution in [2.75, 3.05) is 6.61 Å². The molecule has 2 aliphatic heterocycles. The molecule has 3 rings (SSSR count).